The van der Waals surface area contributed by atoms with Crippen LogP contribution in [0.15, 0.2) is 54.6 Å². The maximum Gasteiger partial charge on any atom is 0.260 e. The van der Waals surface area contributed by atoms with Crippen molar-refractivity contribution >= 4 is 55.0 Å². The Morgan fingerprint density at radius 1 is 1.03 bits per heavy atom. The van der Waals surface area contributed by atoms with E-state index in [-0.39, 0.29) is 5.91 Å². The molecule has 0 unspecified atom stereocenters. The van der Waals surface area contributed by atoms with Gasteiger partial charge in [-0.1, -0.05) is 67.1 Å². The van der Waals surface area contributed by atoms with Crippen molar-refractivity contribution in [2.75, 3.05) is 38.2 Å². The van der Waals surface area contributed by atoms with Gasteiger partial charge in [-0.25, -0.2) is 4.98 Å². The van der Waals surface area contributed by atoms with Crippen molar-refractivity contribution in [1.82, 2.24) is 9.88 Å². The fraction of sp³-hybridized carbons (Fsp3) is 0.280. The molecule has 166 valence electrons. The Kier molecular flexibility index (Phi) is 6.94. The van der Waals surface area contributed by atoms with Crippen molar-refractivity contribution in [3.05, 3.63) is 65.2 Å². The molecule has 0 saturated heterocycles. The minimum absolute atomic E-state index is 0.0722. The lowest BCUT2D eigenvalue weighted by Crippen LogP contribution is -2.38. The van der Waals surface area contributed by atoms with Gasteiger partial charge < -0.3 is 9.64 Å². The van der Waals surface area contributed by atoms with Gasteiger partial charge in [0.05, 0.1) is 16.8 Å². The number of thiazole rings is 1. The number of methoxy groups -OCH3 is 1. The Bertz CT molecular complexity index is 1250. The summed E-state index contributed by atoms with van der Waals surface area (Å²) < 4.78 is 6.30. The van der Waals surface area contributed by atoms with E-state index in [1.807, 2.05) is 42.5 Å². The molecule has 0 spiro atoms. The predicted octanol–water partition coefficient (Wildman–Crippen LogP) is 6.10. The van der Waals surface area contributed by atoms with Gasteiger partial charge in [-0.3, -0.25) is 9.69 Å². The van der Waals surface area contributed by atoms with Gasteiger partial charge in [0, 0.05) is 18.7 Å². The lowest BCUT2D eigenvalue weighted by Gasteiger charge is -2.25. The molecule has 0 saturated carbocycles. The number of ether oxygens (including phenoxy) is 1. The van der Waals surface area contributed by atoms with Crippen LogP contribution >= 0.6 is 22.9 Å². The highest BCUT2D eigenvalue weighted by Crippen LogP contribution is 2.39. The topological polar surface area (TPSA) is 45.7 Å². The van der Waals surface area contributed by atoms with Crippen LogP contribution in [0.25, 0.3) is 21.0 Å². The number of rotatable bonds is 8. The number of nitrogens with zero attached hydrogens (tertiary/aromatic N) is 3. The largest absolute Gasteiger partial charge is 0.494 e. The summed E-state index contributed by atoms with van der Waals surface area (Å²) in [5.74, 6) is 0.575. The number of likely N-dealkylation sites (N-methyl/N-ethyl adjacent to an activating group) is 1. The molecule has 5 nitrogen and oxygen atoms in total. The highest BCUT2D eigenvalue weighted by Gasteiger charge is 2.24. The van der Waals surface area contributed by atoms with Crippen LogP contribution in [0.1, 0.15) is 24.2 Å². The molecule has 1 amide bonds. The monoisotopic (exact) mass is 467 g/mol. The van der Waals surface area contributed by atoms with Gasteiger partial charge in [-0.15, -0.1) is 0 Å². The van der Waals surface area contributed by atoms with E-state index in [4.69, 9.17) is 21.3 Å². The van der Waals surface area contributed by atoms with Crippen molar-refractivity contribution in [3.63, 3.8) is 0 Å². The summed E-state index contributed by atoms with van der Waals surface area (Å²) in [7, 11) is 1.61. The van der Waals surface area contributed by atoms with Crippen molar-refractivity contribution in [2.24, 2.45) is 0 Å². The Morgan fingerprint density at radius 2 is 1.78 bits per heavy atom. The second-order valence-electron chi connectivity index (χ2n) is 7.47. The number of carbonyl (C=O) groups excluding carboxylic acids is 1. The van der Waals surface area contributed by atoms with Gasteiger partial charge in [0.25, 0.3) is 5.91 Å². The highest BCUT2D eigenvalue weighted by atomic mass is 35.5. The van der Waals surface area contributed by atoms with E-state index in [1.54, 1.807) is 24.1 Å². The zero-order valence-corrected chi connectivity index (χ0v) is 20.0. The van der Waals surface area contributed by atoms with E-state index in [0.29, 0.717) is 33.5 Å². The van der Waals surface area contributed by atoms with Gasteiger partial charge in [-0.05, 0) is 48.1 Å². The Hall–Kier alpha value is -2.67. The van der Waals surface area contributed by atoms with E-state index >= 15 is 0 Å². The number of carbonyl (C=O) groups is 1. The molecule has 3 aromatic carbocycles. The molecule has 0 aliphatic rings. The van der Waals surface area contributed by atoms with Crippen LogP contribution in [-0.2, 0) is 0 Å². The zero-order valence-electron chi connectivity index (χ0n) is 18.5. The molecule has 0 N–H and O–H groups in total. The number of anilines is 1. The molecule has 1 heterocycles. The quantitative estimate of drug-likeness (QED) is 0.314. The summed E-state index contributed by atoms with van der Waals surface area (Å²) in [6.07, 6.45) is 0. The molecular formula is C25H26ClN3O2S. The first-order valence-corrected chi connectivity index (χ1v) is 11.9. The first-order chi connectivity index (χ1) is 15.5. The Labute approximate surface area is 197 Å². The second-order valence-corrected chi connectivity index (χ2v) is 8.85. The molecule has 32 heavy (non-hydrogen) atoms. The number of amides is 1. The first-order valence-electron chi connectivity index (χ1n) is 10.7. The molecular weight excluding hydrogens is 442 g/mol. The van der Waals surface area contributed by atoms with Crippen molar-refractivity contribution in [3.8, 4) is 5.75 Å². The fourth-order valence-electron chi connectivity index (χ4n) is 3.76. The minimum atomic E-state index is -0.0722. The number of halogens is 1. The molecule has 0 radical (unpaired) electrons. The molecule has 4 aromatic rings. The van der Waals surface area contributed by atoms with Crippen LogP contribution in [-0.4, -0.2) is 49.1 Å². The number of fused-ring (bicyclic) bond motifs is 2. The average Bonchev–Trinajstić information content (AvgIpc) is 3.27. The van der Waals surface area contributed by atoms with E-state index < -0.39 is 0 Å². The maximum atomic E-state index is 13.7. The van der Waals surface area contributed by atoms with Gasteiger partial charge in [0.15, 0.2) is 5.13 Å². The van der Waals surface area contributed by atoms with Gasteiger partial charge in [0.2, 0.25) is 0 Å². The average molecular weight is 468 g/mol. The summed E-state index contributed by atoms with van der Waals surface area (Å²) in [6, 6.07) is 17.5. The van der Waals surface area contributed by atoms with Crippen molar-refractivity contribution in [1.29, 1.82) is 0 Å². The summed E-state index contributed by atoms with van der Waals surface area (Å²) in [5, 5.41) is 3.37. The molecule has 4 rings (SSSR count). The fourth-order valence-corrected chi connectivity index (χ4v) is 5.05. The molecule has 0 fully saturated rings. The minimum Gasteiger partial charge on any atom is -0.494 e. The number of hydrogen-bond donors (Lipinski definition) is 0. The van der Waals surface area contributed by atoms with Crippen LogP contribution in [0.2, 0.25) is 5.02 Å². The third kappa shape index (κ3) is 4.44. The van der Waals surface area contributed by atoms with Crippen LogP contribution in [0.4, 0.5) is 5.13 Å². The maximum absolute atomic E-state index is 13.7. The van der Waals surface area contributed by atoms with Crippen LogP contribution in [0.5, 0.6) is 5.75 Å². The Morgan fingerprint density at radius 3 is 2.50 bits per heavy atom. The summed E-state index contributed by atoms with van der Waals surface area (Å²) in [5.41, 5.74) is 1.32. The number of benzene rings is 3. The van der Waals surface area contributed by atoms with Crippen molar-refractivity contribution < 1.29 is 9.53 Å². The lowest BCUT2D eigenvalue weighted by molar-refractivity contribution is 0.0984. The third-order valence-corrected chi connectivity index (χ3v) is 7.21. The lowest BCUT2D eigenvalue weighted by atomic mass is 10.1. The zero-order chi connectivity index (χ0) is 22.7. The number of aromatic nitrogens is 1. The van der Waals surface area contributed by atoms with Crippen LogP contribution in [0, 0.1) is 0 Å². The molecule has 0 aliphatic heterocycles. The molecule has 1 aromatic heterocycles. The van der Waals surface area contributed by atoms with Crippen LogP contribution < -0.4 is 9.64 Å². The molecule has 0 bridgehead atoms. The SMILES string of the molecule is CCN(CC)CCN(C(=O)c1ccc2ccccc2c1)c1nc2c(OC)ccc(Cl)c2s1. The predicted molar refractivity (Wildman–Crippen MR) is 135 cm³/mol. The highest BCUT2D eigenvalue weighted by molar-refractivity contribution is 7.23. The standard InChI is InChI=1S/C25H26ClN3O2S/c1-4-28(5-2)14-15-29(24(30)19-11-10-17-8-6-7-9-18(17)16-19)25-27-22-21(31-3)13-12-20(26)23(22)32-25/h6-13,16H,4-5,14-15H2,1-3H3. The van der Waals surface area contributed by atoms with Gasteiger partial charge in [-0.2, -0.15) is 0 Å². The van der Waals surface area contributed by atoms with E-state index in [0.717, 1.165) is 35.1 Å². The van der Waals surface area contributed by atoms with E-state index in [1.165, 1.54) is 11.3 Å². The third-order valence-electron chi connectivity index (χ3n) is 5.67. The smallest absolute Gasteiger partial charge is 0.260 e. The van der Waals surface area contributed by atoms with Crippen molar-refractivity contribution in [2.45, 2.75) is 13.8 Å². The summed E-state index contributed by atoms with van der Waals surface area (Å²) in [6.45, 7) is 7.39. The van der Waals surface area contributed by atoms with Gasteiger partial charge in [0.1, 0.15) is 11.3 Å². The first kappa shape index (κ1) is 22.5. The normalized spacial score (nSPS) is 11.4. The molecule has 0 atom stereocenters. The summed E-state index contributed by atoms with van der Waals surface area (Å²) in [4.78, 5) is 22.5. The summed E-state index contributed by atoms with van der Waals surface area (Å²) >= 11 is 7.86. The van der Waals surface area contributed by atoms with E-state index in [9.17, 15) is 4.79 Å². The van der Waals surface area contributed by atoms with E-state index in [2.05, 4.69) is 18.7 Å². The molecule has 7 heteroatoms. The number of hydrogen-bond acceptors (Lipinski definition) is 5. The second kappa shape index (κ2) is 9.86. The van der Waals surface area contributed by atoms with Crippen LogP contribution in [0.3, 0.4) is 0 Å². The Balaban J connectivity index is 1.76. The molecule has 0 aliphatic carbocycles. The van der Waals surface area contributed by atoms with Gasteiger partial charge >= 0.3 is 0 Å².